The zero-order chi connectivity index (χ0) is 20.9. The first kappa shape index (κ1) is 21.6. The number of hydrogen-bond donors (Lipinski definition) is 1. The third kappa shape index (κ3) is 7.02. The number of amides is 2. The normalized spacial score (nSPS) is 16.4. The first-order chi connectivity index (χ1) is 13.8. The van der Waals surface area contributed by atoms with Crippen LogP contribution in [0, 0.1) is 0 Å². The zero-order valence-electron chi connectivity index (χ0n) is 16.0. The van der Waals surface area contributed by atoms with Crippen molar-refractivity contribution >= 4 is 37.8 Å². The average molecular weight is 483 g/mol. The molecule has 2 aromatic rings. The second-order valence-corrected chi connectivity index (χ2v) is 9.37. The third-order valence-corrected chi connectivity index (χ3v) is 5.40. The van der Waals surface area contributed by atoms with E-state index >= 15 is 0 Å². The smallest absolute Gasteiger partial charge is 0.322 e. The number of carbonyl (C=O) groups is 1. The standard InChI is InChI=1S/C20H23BrN2O5S/c1-29(25,26)28-18-10-4-15(5-11-18)13-23(14-19-3-2-12-27-19)20(24)22-17-8-6-16(21)7-9-17/h4-11,19H,2-3,12-14H2,1H3,(H,22,24). The van der Waals surface area contributed by atoms with Crippen LogP contribution in [0.5, 0.6) is 5.75 Å². The van der Waals surface area contributed by atoms with Gasteiger partial charge in [-0.15, -0.1) is 0 Å². The molecule has 0 radical (unpaired) electrons. The second kappa shape index (κ2) is 9.60. The Kier molecular flexibility index (Phi) is 7.15. The Morgan fingerprint density at radius 2 is 1.90 bits per heavy atom. The van der Waals surface area contributed by atoms with E-state index < -0.39 is 10.1 Å². The van der Waals surface area contributed by atoms with Gasteiger partial charge in [0.2, 0.25) is 0 Å². The molecule has 0 spiro atoms. The maximum Gasteiger partial charge on any atom is 0.322 e. The molecule has 3 rings (SSSR count). The topological polar surface area (TPSA) is 84.9 Å². The molecule has 0 aromatic heterocycles. The van der Waals surface area contributed by atoms with Gasteiger partial charge in [-0.25, -0.2) is 4.79 Å². The van der Waals surface area contributed by atoms with Crippen LogP contribution in [-0.4, -0.2) is 44.9 Å². The van der Waals surface area contributed by atoms with Gasteiger partial charge in [0.25, 0.3) is 0 Å². The molecule has 1 atom stereocenters. The minimum Gasteiger partial charge on any atom is -0.383 e. The summed E-state index contributed by atoms with van der Waals surface area (Å²) in [5, 5.41) is 2.91. The highest BCUT2D eigenvalue weighted by molar-refractivity contribution is 9.10. The highest BCUT2D eigenvalue weighted by Gasteiger charge is 2.23. The molecule has 2 aromatic carbocycles. The predicted molar refractivity (Wildman–Crippen MR) is 114 cm³/mol. The summed E-state index contributed by atoms with van der Waals surface area (Å²) in [7, 11) is -3.57. The number of carbonyl (C=O) groups excluding carboxylic acids is 1. The highest BCUT2D eigenvalue weighted by atomic mass is 79.9. The van der Waals surface area contributed by atoms with Crippen LogP contribution in [0.15, 0.2) is 53.0 Å². The van der Waals surface area contributed by atoms with Crippen LogP contribution in [0.1, 0.15) is 18.4 Å². The molecule has 9 heteroatoms. The molecular formula is C20H23BrN2O5S. The number of halogens is 1. The summed E-state index contributed by atoms with van der Waals surface area (Å²) in [6.07, 6.45) is 2.92. The first-order valence-electron chi connectivity index (χ1n) is 9.20. The van der Waals surface area contributed by atoms with E-state index in [1.54, 1.807) is 29.2 Å². The Hall–Kier alpha value is -2.10. The molecule has 1 unspecified atom stereocenters. The fourth-order valence-electron chi connectivity index (χ4n) is 3.03. The van der Waals surface area contributed by atoms with Crippen LogP contribution < -0.4 is 9.50 Å². The molecular weight excluding hydrogens is 460 g/mol. The van der Waals surface area contributed by atoms with Gasteiger partial charge in [-0.2, -0.15) is 8.42 Å². The minimum absolute atomic E-state index is 0.0125. The van der Waals surface area contributed by atoms with Gasteiger partial charge in [0, 0.05) is 29.9 Å². The summed E-state index contributed by atoms with van der Waals surface area (Å²) in [6.45, 7) is 1.55. The highest BCUT2D eigenvalue weighted by Crippen LogP contribution is 2.20. The number of nitrogens with zero attached hydrogens (tertiary/aromatic N) is 1. The molecule has 0 bridgehead atoms. The lowest BCUT2D eigenvalue weighted by Crippen LogP contribution is -2.39. The molecule has 1 fully saturated rings. The largest absolute Gasteiger partial charge is 0.383 e. The Morgan fingerprint density at radius 3 is 2.48 bits per heavy atom. The Labute approximate surface area is 179 Å². The van der Waals surface area contributed by atoms with Crippen molar-refractivity contribution in [3.63, 3.8) is 0 Å². The van der Waals surface area contributed by atoms with Crippen molar-refractivity contribution in [1.29, 1.82) is 0 Å². The van der Waals surface area contributed by atoms with Gasteiger partial charge >= 0.3 is 16.1 Å². The van der Waals surface area contributed by atoms with Crippen molar-refractivity contribution < 1.29 is 22.1 Å². The van der Waals surface area contributed by atoms with Gasteiger partial charge in [0.05, 0.1) is 12.4 Å². The molecule has 1 N–H and O–H groups in total. The van der Waals surface area contributed by atoms with Crippen molar-refractivity contribution in [3.05, 3.63) is 58.6 Å². The molecule has 1 aliphatic rings. The summed E-state index contributed by atoms with van der Waals surface area (Å²) in [6, 6.07) is 13.8. The summed E-state index contributed by atoms with van der Waals surface area (Å²) in [4.78, 5) is 14.6. The van der Waals surface area contributed by atoms with E-state index in [1.807, 2.05) is 24.3 Å². The van der Waals surface area contributed by atoms with Gasteiger partial charge in [-0.3, -0.25) is 0 Å². The molecule has 1 saturated heterocycles. The molecule has 156 valence electrons. The van der Waals surface area contributed by atoms with E-state index in [4.69, 9.17) is 8.92 Å². The van der Waals surface area contributed by atoms with Gasteiger partial charge < -0.3 is 19.1 Å². The first-order valence-corrected chi connectivity index (χ1v) is 11.8. The fourth-order valence-corrected chi connectivity index (χ4v) is 3.76. The van der Waals surface area contributed by atoms with Gasteiger partial charge in [-0.1, -0.05) is 28.1 Å². The van der Waals surface area contributed by atoms with Crippen LogP contribution in [0.2, 0.25) is 0 Å². The van der Waals surface area contributed by atoms with E-state index in [-0.39, 0.29) is 17.9 Å². The van der Waals surface area contributed by atoms with E-state index in [1.165, 1.54) is 0 Å². The lowest BCUT2D eigenvalue weighted by Gasteiger charge is -2.26. The zero-order valence-corrected chi connectivity index (χ0v) is 18.4. The van der Waals surface area contributed by atoms with Gasteiger partial charge in [-0.05, 0) is 54.8 Å². The Bertz CT molecular complexity index is 926. The van der Waals surface area contributed by atoms with E-state index in [0.29, 0.717) is 25.4 Å². The van der Waals surface area contributed by atoms with Crippen molar-refractivity contribution in [2.75, 3.05) is 24.7 Å². The molecule has 0 aliphatic carbocycles. The molecule has 0 saturated carbocycles. The number of nitrogens with one attached hydrogen (secondary N) is 1. The average Bonchev–Trinajstić information content (AvgIpc) is 3.16. The van der Waals surface area contributed by atoms with Gasteiger partial charge in [0.15, 0.2) is 0 Å². The number of ether oxygens (including phenoxy) is 1. The number of urea groups is 1. The Balaban J connectivity index is 1.70. The van der Waals surface area contributed by atoms with Crippen LogP contribution in [0.25, 0.3) is 0 Å². The fraction of sp³-hybridized carbons (Fsp3) is 0.350. The minimum atomic E-state index is -3.57. The summed E-state index contributed by atoms with van der Waals surface area (Å²) in [5.41, 5.74) is 1.56. The molecule has 1 heterocycles. The van der Waals surface area contributed by atoms with Crippen LogP contribution in [0.3, 0.4) is 0 Å². The summed E-state index contributed by atoms with van der Waals surface area (Å²) < 4.78 is 34.0. The molecule has 2 amide bonds. The summed E-state index contributed by atoms with van der Waals surface area (Å²) >= 11 is 3.38. The van der Waals surface area contributed by atoms with Crippen LogP contribution in [0.4, 0.5) is 10.5 Å². The van der Waals surface area contributed by atoms with Crippen molar-refractivity contribution in [3.8, 4) is 5.75 Å². The number of benzene rings is 2. The van der Waals surface area contributed by atoms with E-state index in [0.717, 1.165) is 29.1 Å². The SMILES string of the molecule is CS(=O)(=O)Oc1ccc(CN(CC2CCCO2)C(=O)Nc2ccc(Br)cc2)cc1. The maximum absolute atomic E-state index is 12.9. The maximum atomic E-state index is 12.9. The molecule has 29 heavy (non-hydrogen) atoms. The van der Waals surface area contributed by atoms with Gasteiger partial charge in [0.1, 0.15) is 5.75 Å². The second-order valence-electron chi connectivity index (χ2n) is 6.88. The predicted octanol–water partition coefficient (Wildman–Crippen LogP) is 4.00. The van der Waals surface area contributed by atoms with E-state index in [9.17, 15) is 13.2 Å². The van der Waals surface area contributed by atoms with Crippen molar-refractivity contribution in [1.82, 2.24) is 4.90 Å². The lowest BCUT2D eigenvalue weighted by molar-refractivity contribution is 0.0819. The number of rotatable bonds is 7. The van der Waals surface area contributed by atoms with Crippen molar-refractivity contribution in [2.45, 2.75) is 25.5 Å². The molecule has 7 nitrogen and oxygen atoms in total. The quantitative estimate of drug-likeness (QED) is 0.602. The number of hydrogen-bond acceptors (Lipinski definition) is 5. The lowest BCUT2D eigenvalue weighted by atomic mass is 10.2. The monoisotopic (exact) mass is 482 g/mol. The van der Waals surface area contributed by atoms with Crippen LogP contribution >= 0.6 is 15.9 Å². The summed E-state index contributed by atoms with van der Waals surface area (Å²) in [5.74, 6) is 0.237. The van der Waals surface area contributed by atoms with E-state index in [2.05, 4.69) is 21.2 Å². The molecule has 1 aliphatic heterocycles. The number of anilines is 1. The Morgan fingerprint density at radius 1 is 1.21 bits per heavy atom. The van der Waals surface area contributed by atoms with Crippen molar-refractivity contribution in [2.24, 2.45) is 0 Å². The third-order valence-electron chi connectivity index (χ3n) is 4.38. The van der Waals surface area contributed by atoms with Crippen LogP contribution in [-0.2, 0) is 21.4 Å².